The number of fused-ring (bicyclic) bond motifs is 5. The standard InChI is InChI=1S/C56H37NO/c1-2-13-42(14-3-1)50-35-32-46(45-29-26-38-12-4-5-16-44(38)36-45)37-53(50)57(52-21-11-23-55-56(52)51-19-8-9-22-54(51)58-55)47-33-30-40(31-34-47)39-24-27-43(28-25-39)49-20-10-17-41-15-6-7-18-48(41)49/h1-37H. The molecule has 0 amide bonds. The van der Waals surface area contributed by atoms with Gasteiger partial charge in [0.15, 0.2) is 0 Å². The monoisotopic (exact) mass is 739 g/mol. The summed E-state index contributed by atoms with van der Waals surface area (Å²) in [5, 5.41) is 7.15. The van der Waals surface area contributed by atoms with Crippen molar-refractivity contribution in [3.63, 3.8) is 0 Å². The third kappa shape index (κ3) is 5.91. The number of para-hydroxylation sites is 1. The van der Waals surface area contributed by atoms with Gasteiger partial charge in [0, 0.05) is 16.6 Å². The van der Waals surface area contributed by atoms with Crippen LogP contribution in [0.5, 0.6) is 0 Å². The molecule has 11 aromatic rings. The van der Waals surface area contributed by atoms with Gasteiger partial charge in [-0.25, -0.2) is 0 Å². The summed E-state index contributed by atoms with van der Waals surface area (Å²) in [6, 6.07) is 80.8. The molecule has 0 unspecified atom stereocenters. The Morgan fingerprint density at radius 3 is 1.69 bits per heavy atom. The van der Waals surface area contributed by atoms with Crippen molar-refractivity contribution in [2.24, 2.45) is 0 Å². The van der Waals surface area contributed by atoms with Gasteiger partial charge in [-0.05, 0) is 103 Å². The van der Waals surface area contributed by atoms with Crippen molar-refractivity contribution in [2.45, 2.75) is 0 Å². The fourth-order valence-corrected chi connectivity index (χ4v) is 8.60. The van der Waals surface area contributed by atoms with Gasteiger partial charge in [-0.3, -0.25) is 0 Å². The van der Waals surface area contributed by atoms with E-state index in [1.54, 1.807) is 0 Å². The van der Waals surface area contributed by atoms with Crippen LogP contribution >= 0.6 is 0 Å². The quantitative estimate of drug-likeness (QED) is 0.162. The highest BCUT2D eigenvalue weighted by molar-refractivity contribution is 6.14. The molecule has 0 aliphatic carbocycles. The minimum atomic E-state index is 0.860. The molecule has 2 nitrogen and oxygen atoms in total. The molecule has 0 fully saturated rings. The predicted molar refractivity (Wildman–Crippen MR) is 245 cm³/mol. The highest BCUT2D eigenvalue weighted by Gasteiger charge is 2.23. The van der Waals surface area contributed by atoms with E-state index in [-0.39, 0.29) is 0 Å². The summed E-state index contributed by atoms with van der Waals surface area (Å²) in [4.78, 5) is 2.42. The van der Waals surface area contributed by atoms with Crippen molar-refractivity contribution in [1.29, 1.82) is 0 Å². The van der Waals surface area contributed by atoms with Crippen LogP contribution in [-0.2, 0) is 0 Å². The summed E-state index contributed by atoms with van der Waals surface area (Å²) >= 11 is 0. The molecule has 10 aromatic carbocycles. The Kier molecular flexibility index (Phi) is 8.19. The number of nitrogens with zero attached hydrogens (tertiary/aromatic N) is 1. The lowest BCUT2D eigenvalue weighted by atomic mass is 9.95. The zero-order valence-corrected chi connectivity index (χ0v) is 31.7. The molecule has 0 atom stereocenters. The van der Waals surface area contributed by atoms with Crippen LogP contribution < -0.4 is 4.90 Å². The van der Waals surface area contributed by atoms with Crippen molar-refractivity contribution in [1.82, 2.24) is 0 Å². The van der Waals surface area contributed by atoms with Crippen LogP contribution in [0.15, 0.2) is 229 Å². The minimum absolute atomic E-state index is 0.860. The van der Waals surface area contributed by atoms with E-state index < -0.39 is 0 Å². The largest absolute Gasteiger partial charge is 0.456 e. The molecule has 0 radical (unpaired) electrons. The molecule has 1 aromatic heterocycles. The van der Waals surface area contributed by atoms with E-state index in [1.807, 2.05) is 6.07 Å². The van der Waals surface area contributed by atoms with Gasteiger partial charge in [-0.2, -0.15) is 0 Å². The maximum absolute atomic E-state index is 6.48. The molecule has 1 heterocycles. The van der Waals surface area contributed by atoms with Gasteiger partial charge in [0.05, 0.1) is 16.8 Å². The Labute approximate surface area is 337 Å². The van der Waals surface area contributed by atoms with E-state index in [0.29, 0.717) is 0 Å². The van der Waals surface area contributed by atoms with Gasteiger partial charge in [-0.1, -0.05) is 182 Å². The smallest absolute Gasteiger partial charge is 0.137 e. The van der Waals surface area contributed by atoms with Gasteiger partial charge in [-0.15, -0.1) is 0 Å². The van der Waals surface area contributed by atoms with Crippen molar-refractivity contribution < 1.29 is 4.42 Å². The third-order valence-corrected chi connectivity index (χ3v) is 11.5. The van der Waals surface area contributed by atoms with E-state index in [1.165, 1.54) is 43.8 Å². The molecule has 272 valence electrons. The van der Waals surface area contributed by atoms with Crippen LogP contribution in [-0.4, -0.2) is 0 Å². The Balaban J connectivity index is 1.08. The molecule has 11 rings (SSSR count). The van der Waals surface area contributed by atoms with Crippen molar-refractivity contribution in [2.75, 3.05) is 4.90 Å². The lowest BCUT2D eigenvalue weighted by Gasteiger charge is -2.29. The molecule has 0 aliphatic rings. The summed E-state index contributed by atoms with van der Waals surface area (Å²) in [6.07, 6.45) is 0. The molecule has 0 aliphatic heterocycles. The molecule has 0 saturated carbocycles. The second-order valence-corrected chi connectivity index (χ2v) is 14.9. The molecule has 0 bridgehead atoms. The zero-order chi connectivity index (χ0) is 38.4. The molecule has 2 heteroatoms. The van der Waals surface area contributed by atoms with Gasteiger partial charge in [0.25, 0.3) is 0 Å². The predicted octanol–water partition coefficient (Wildman–Crippen LogP) is 16.0. The Bertz CT molecular complexity index is 3260. The fraction of sp³-hybridized carbons (Fsp3) is 0. The van der Waals surface area contributed by atoms with Crippen molar-refractivity contribution >= 4 is 60.5 Å². The summed E-state index contributed by atoms with van der Waals surface area (Å²) < 4.78 is 6.48. The highest BCUT2D eigenvalue weighted by atomic mass is 16.3. The molecule has 58 heavy (non-hydrogen) atoms. The Hall–Kier alpha value is -7.68. The first-order chi connectivity index (χ1) is 28.7. The Morgan fingerprint density at radius 1 is 0.293 bits per heavy atom. The topological polar surface area (TPSA) is 16.4 Å². The van der Waals surface area contributed by atoms with E-state index >= 15 is 0 Å². The van der Waals surface area contributed by atoms with Crippen LogP contribution in [0.2, 0.25) is 0 Å². The number of hydrogen-bond donors (Lipinski definition) is 0. The van der Waals surface area contributed by atoms with Crippen LogP contribution in [0.4, 0.5) is 17.1 Å². The van der Waals surface area contributed by atoms with Crippen LogP contribution in [0.3, 0.4) is 0 Å². The number of anilines is 3. The SMILES string of the molecule is c1ccc(-c2ccc(-c3ccc4ccccc4c3)cc2N(c2ccc(-c3ccc(-c4cccc5ccccc45)cc3)cc2)c2cccc3oc4ccccc4c23)cc1. The van der Waals surface area contributed by atoms with E-state index in [2.05, 4.69) is 223 Å². The highest BCUT2D eigenvalue weighted by Crippen LogP contribution is 2.47. The zero-order valence-electron chi connectivity index (χ0n) is 31.7. The normalized spacial score (nSPS) is 11.4. The van der Waals surface area contributed by atoms with E-state index in [4.69, 9.17) is 4.42 Å². The maximum atomic E-state index is 6.48. The number of benzene rings is 10. The fourth-order valence-electron chi connectivity index (χ4n) is 8.60. The van der Waals surface area contributed by atoms with Gasteiger partial charge >= 0.3 is 0 Å². The second-order valence-electron chi connectivity index (χ2n) is 14.9. The van der Waals surface area contributed by atoms with Gasteiger partial charge in [0.2, 0.25) is 0 Å². The second kappa shape index (κ2) is 14.1. The van der Waals surface area contributed by atoms with Gasteiger partial charge < -0.3 is 9.32 Å². The molecular formula is C56H37NO. The number of rotatable bonds is 7. The number of furan rings is 1. The first-order valence-electron chi connectivity index (χ1n) is 19.8. The first-order valence-corrected chi connectivity index (χ1v) is 19.8. The van der Waals surface area contributed by atoms with E-state index in [0.717, 1.165) is 61.3 Å². The molecule has 0 N–H and O–H groups in total. The molecular weight excluding hydrogens is 703 g/mol. The first kappa shape index (κ1) is 33.6. The summed E-state index contributed by atoms with van der Waals surface area (Å²) in [6.45, 7) is 0. The lowest BCUT2D eigenvalue weighted by molar-refractivity contribution is 0.669. The molecule has 0 spiro atoms. The van der Waals surface area contributed by atoms with Crippen molar-refractivity contribution in [3.05, 3.63) is 224 Å². The van der Waals surface area contributed by atoms with Crippen LogP contribution in [0.25, 0.3) is 88.0 Å². The van der Waals surface area contributed by atoms with Gasteiger partial charge in [0.1, 0.15) is 11.2 Å². The van der Waals surface area contributed by atoms with Crippen LogP contribution in [0, 0.1) is 0 Å². The van der Waals surface area contributed by atoms with Crippen molar-refractivity contribution in [3.8, 4) is 44.5 Å². The van der Waals surface area contributed by atoms with E-state index in [9.17, 15) is 0 Å². The number of hydrogen-bond acceptors (Lipinski definition) is 2. The summed E-state index contributed by atoms with van der Waals surface area (Å²) in [5.41, 5.74) is 14.3. The minimum Gasteiger partial charge on any atom is -0.456 e. The van der Waals surface area contributed by atoms with Crippen LogP contribution in [0.1, 0.15) is 0 Å². The average Bonchev–Trinajstić information content (AvgIpc) is 3.69. The lowest BCUT2D eigenvalue weighted by Crippen LogP contribution is -2.12. The summed E-state index contributed by atoms with van der Waals surface area (Å²) in [7, 11) is 0. The average molecular weight is 740 g/mol. The molecule has 0 saturated heterocycles. The maximum Gasteiger partial charge on any atom is 0.137 e. The summed E-state index contributed by atoms with van der Waals surface area (Å²) in [5.74, 6) is 0. The Morgan fingerprint density at radius 2 is 0.862 bits per heavy atom. The third-order valence-electron chi connectivity index (χ3n) is 11.5.